The summed E-state index contributed by atoms with van der Waals surface area (Å²) in [4.78, 5) is 23.5. The molecule has 1 amide bonds. The minimum Gasteiger partial charge on any atom is -0.497 e. The fraction of sp³-hybridized carbons (Fsp3) is 0.227. The molecule has 1 N–H and O–H groups in total. The van der Waals surface area contributed by atoms with Gasteiger partial charge in [-0.3, -0.25) is 4.79 Å². The van der Waals surface area contributed by atoms with Crippen molar-refractivity contribution in [2.75, 3.05) is 24.4 Å². The second-order valence-corrected chi connectivity index (χ2v) is 6.84. The van der Waals surface area contributed by atoms with Crippen LogP contribution in [0, 0.1) is 0 Å². The number of fused-ring (bicyclic) bond motifs is 1. The van der Waals surface area contributed by atoms with Crippen molar-refractivity contribution in [3.05, 3.63) is 66.1 Å². The maximum atomic E-state index is 13.2. The quantitative estimate of drug-likeness (QED) is 0.714. The van der Waals surface area contributed by atoms with Crippen LogP contribution in [0.5, 0.6) is 11.5 Å². The van der Waals surface area contributed by atoms with E-state index in [0.29, 0.717) is 28.7 Å². The summed E-state index contributed by atoms with van der Waals surface area (Å²) in [5.41, 5.74) is 3.16. The van der Waals surface area contributed by atoms with E-state index in [1.807, 2.05) is 37.3 Å². The Kier molecular flexibility index (Phi) is 5.03. The van der Waals surface area contributed by atoms with Gasteiger partial charge in [0.1, 0.15) is 29.3 Å². The van der Waals surface area contributed by atoms with Crippen LogP contribution in [0.25, 0.3) is 0 Å². The predicted octanol–water partition coefficient (Wildman–Crippen LogP) is 3.83. The average molecular weight is 390 g/mol. The number of hydrogen-bond donors (Lipinski definition) is 1. The number of nitrogens with one attached hydrogen (secondary N) is 1. The van der Waals surface area contributed by atoms with E-state index in [1.165, 1.54) is 11.9 Å². The number of para-hydroxylation sites is 1. The molecule has 0 saturated heterocycles. The van der Waals surface area contributed by atoms with Crippen LogP contribution in [0.15, 0.2) is 54.9 Å². The summed E-state index contributed by atoms with van der Waals surface area (Å²) in [5.74, 6) is 1.66. The number of nitrogens with zero attached hydrogens (tertiary/aromatic N) is 3. The van der Waals surface area contributed by atoms with E-state index in [4.69, 9.17) is 9.47 Å². The molecule has 1 atom stereocenters. The lowest BCUT2D eigenvalue weighted by molar-refractivity contribution is 0.0976. The number of ether oxygens (including phenoxy) is 2. The van der Waals surface area contributed by atoms with Gasteiger partial charge in [0.15, 0.2) is 0 Å². The van der Waals surface area contributed by atoms with E-state index in [2.05, 4.69) is 21.4 Å². The summed E-state index contributed by atoms with van der Waals surface area (Å²) in [5, 5.41) is 3.19. The highest BCUT2D eigenvalue weighted by Crippen LogP contribution is 2.34. The van der Waals surface area contributed by atoms with Gasteiger partial charge in [0.25, 0.3) is 5.91 Å². The first-order valence-corrected chi connectivity index (χ1v) is 9.33. The van der Waals surface area contributed by atoms with Crippen molar-refractivity contribution in [2.24, 2.45) is 0 Å². The summed E-state index contributed by atoms with van der Waals surface area (Å²) in [6.45, 7) is 2.04. The molecule has 0 saturated carbocycles. The summed E-state index contributed by atoms with van der Waals surface area (Å²) >= 11 is 0. The van der Waals surface area contributed by atoms with Crippen molar-refractivity contribution in [3.63, 3.8) is 0 Å². The molecule has 1 unspecified atom stereocenters. The van der Waals surface area contributed by atoms with E-state index in [0.717, 1.165) is 12.1 Å². The number of hydrogen-bond acceptors (Lipinski definition) is 6. The summed E-state index contributed by atoms with van der Waals surface area (Å²) in [6, 6.07) is 15.1. The van der Waals surface area contributed by atoms with Crippen molar-refractivity contribution in [1.29, 1.82) is 0 Å². The molecule has 2 heterocycles. The maximum absolute atomic E-state index is 13.2. The van der Waals surface area contributed by atoms with Crippen LogP contribution < -0.4 is 19.7 Å². The molecule has 1 aromatic heterocycles. The lowest BCUT2D eigenvalue weighted by Gasteiger charge is -2.22. The summed E-state index contributed by atoms with van der Waals surface area (Å²) in [6.07, 6.45) is 2.22. The van der Waals surface area contributed by atoms with Crippen molar-refractivity contribution in [3.8, 4) is 11.5 Å². The average Bonchev–Trinajstić information content (AvgIpc) is 3.09. The van der Waals surface area contributed by atoms with Gasteiger partial charge < -0.3 is 19.7 Å². The predicted molar refractivity (Wildman–Crippen MR) is 111 cm³/mol. The van der Waals surface area contributed by atoms with Crippen molar-refractivity contribution in [1.82, 2.24) is 9.97 Å². The third-order valence-corrected chi connectivity index (χ3v) is 4.98. The number of aromatic nitrogens is 2. The van der Waals surface area contributed by atoms with Crippen LogP contribution in [0.4, 0.5) is 17.2 Å². The Labute approximate surface area is 169 Å². The van der Waals surface area contributed by atoms with Crippen molar-refractivity contribution >= 4 is 23.1 Å². The van der Waals surface area contributed by atoms with E-state index >= 15 is 0 Å². The minimum absolute atomic E-state index is 0.0768. The van der Waals surface area contributed by atoms with Crippen LogP contribution in [-0.2, 0) is 6.42 Å². The summed E-state index contributed by atoms with van der Waals surface area (Å²) in [7, 11) is 3.18. The standard InChI is InChI=1S/C22H22N4O3/c1-14-10-15-6-4-5-7-19(15)26(14)22(27)18-12-21(24-13-23-18)25-17-9-8-16(28-2)11-20(17)29-3/h4-9,11-14H,10H2,1-3H3,(H,23,24,25). The second kappa shape index (κ2) is 7.79. The van der Waals surface area contributed by atoms with Crippen molar-refractivity contribution < 1.29 is 14.3 Å². The Morgan fingerprint density at radius 3 is 2.72 bits per heavy atom. The smallest absolute Gasteiger partial charge is 0.277 e. The Hall–Kier alpha value is -3.61. The lowest BCUT2D eigenvalue weighted by Crippen LogP contribution is -2.36. The molecule has 0 radical (unpaired) electrons. The lowest BCUT2D eigenvalue weighted by atomic mass is 10.1. The number of methoxy groups -OCH3 is 2. The molecule has 0 aliphatic carbocycles. The zero-order chi connectivity index (χ0) is 20.4. The molecule has 4 rings (SSSR count). The highest BCUT2D eigenvalue weighted by Gasteiger charge is 2.32. The third-order valence-electron chi connectivity index (χ3n) is 4.98. The van der Waals surface area contributed by atoms with Crippen LogP contribution in [0.3, 0.4) is 0 Å². The van der Waals surface area contributed by atoms with E-state index in [-0.39, 0.29) is 11.9 Å². The maximum Gasteiger partial charge on any atom is 0.277 e. The number of carbonyl (C=O) groups is 1. The van der Waals surface area contributed by atoms with Gasteiger partial charge in [0, 0.05) is 23.9 Å². The van der Waals surface area contributed by atoms with Crippen molar-refractivity contribution in [2.45, 2.75) is 19.4 Å². The molecule has 7 nitrogen and oxygen atoms in total. The summed E-state index contributed by atoms with van der Waals surface area (Å²) < 4.78 is 10.6. The van der Waals surface area contributed by atoms with E-state index in [1.54, 1.807) is 31.3 Å². The largest absolute Gasteiger partial charge is 0.497 e. The van der Waals surface area contributed by atoms with Gasteiger partial charge in [-0.2, -0.15) is 0 Å². The molecule has 1 aliphatic rings. The monoisotopic (exact) mass is 390 g/mol. The Balaban J connectivity index is 1.61. The van der Waals surface area contributed by atoms with Gasteiger partial charge in [-0.05, 0) is 37.1 Å². The van der Waals surface area contributed by atoms with Gasteiger partial charge in [0.2, 0.25) is 0 Å². The molecule has 0 spiro atoms. The van der Waals surface area contributed by atoms with Gasteiger partial charge in [-0.1, -0.05) is 18.2 Å². The van der Waals surface area contributed by atoms with Gasteiger partial charge >= 0.3 is 0 Å². The zero-order valence-corrected chi connectivity index (χ0v) is 16.5. The fourth-order valence-corrected chi connectivity index (χ4v) is 3.58. The second-order valence-electron chi connectivity index (χ2n) is 6.84. The Morgan fingerprint density at radius 1 is 1.10 bits per heavy atom. The van der Waals surface area contributed by atoms with E-state index in [9.17, 15) is 4.79 Å². The molecule has 2 aromatic carbocycles. The molecule has 29 heavy (non-hydrogen) atoms. The third kappa shape index (κ3) is 3.59. The van der Waals surface area contributed by atoms with E-state index < -0.39 is 0 Å². The first kappa shape index (κ1) is 18.7. The van der Waals surface area contributed by atoms with Gasteiger partial charge in [-0.15, -0.1) is 0 Å². The SMILES string of the molecule is COc1ccc(Nc2cc(C(=O)N3c4ccccc4CC3C)ncn2)c(OC)c1. The minimum atomic E-state index is -0.144. The van der Waals surface area contributed by atoms with Gasteiger partial charge in [-0.25, -0.2) is 9.97 Å². The molecule has 148 valence electrons. The first-order valence-electron chi connectivity index (χ1n) is 9.33. The Morgan fingerprint density at radius 2 is 1.93 bits per heavy atom. The number of anilines is 3. The highest BCUT2D eigenvalue weighted by molar-refractivity contribution is 6.06. The molecule has 3 aromatic rings. The van der Waals surface area contributed by atoms with Gasteiger partial charge in [0.05, 0.1) is 19.9 Å². The number of rotatable bonds is 5. The Bertz CT molecular complexity index is 1050. The topological polar surface area (TPSA) is 76.6 Å². The van der Waals surface area contributed by atoms with Crippen LogP contribution in [0.2, 0.25) is 0 Å². The molecule has 7 heteroatoms. The molecule has 0 bridgehead atoms. The van der Waals surface area contributed by atoms with Crippen LogP contribution in [-0.4, -0.2) is 36.1 Å². The molecular formula is C22H22N4O3. The zero-order valence-electron chi connectivity index (χ0n) is 16.5. The molecule has 1 aliphatic heterocycles. The van der Waals surface area contributed by atoms with Crippen LogP contribution >= 0.6 is 0 Å². The molecular weight excluding hydrogens is 368 g/mol. The molecule has 0 fully saturated rings. The number of benzene rings is 2. The van der Waals surface area contributed by atoms with Crippen LogP contribution in [0.1, 0.15) is 23.0 Å². The fourth-order valence-electron chi connectivity index (χ4n) is 3.58. The normalized spacial score (nSPS) is 15.0. The number of amides is 1. The first-order chi connectivity index (χ1) is 14.1. The highest BCUT2D eigenvalue weighted by atomic mass is 16.5. The number of carbonyl (C=O) groups excluding carboxylic acids is 1.